The van der Waals surface area contributed by atoms with E-state index in [2.05, 4.69) is 4.98 Å². The van der Waals surface area contributed by atoms with Gasteiger partial charge in [0, 0.05) is 6.20 Å². The highest BCUT2D eigenvalue weighted by Crippen LogP contribution is 2.03. The van der Waals surface area contributed by atoms with Gasteiger partial charge < -0.3 is 9.67 Å². The van der Waals surface area contributed by atoms with Gasteiger partial charge in [0.15, 0.2) is 6.29 Å². The van der Waals surface area contributed by atoms with Crippen LogP contribution in [0.5, 0.6) is 0 Å². The number of aliphatic hydroxyl groups is 1. The fraction of sp³-hybridized carbons (Fsp3) is 0.429. The second-order valence-electron chi connectivity index (χ2n) is 2.40. The lowest BCUT2D eigenvalue weighted by Crippen LogP contribution is -2.06. The number of rotatable bonds is 3. The summed E-state index contributed by atoms with van der Waals surface area (Å²) in [5.74, 6) is 0. The molecule has 0 radical (unpaired) electrons. The largest absolute Gasteiger partial charge is 0.394 e. The zero-order chi connectivity index (χ0) is 8.27. The molecule has 1 atom stereocenters. The van der Waals surface area contributed by atoms with E-state index in [0.29, 0.717) is 12.0 Å². The number of carbonyl (C=O) groups excluding carboxylic acids is 1. The Balaban J connectivity index is 2.79. The number of carbonyl (C=O) groups is 1. The maximum Gasteiger partial charge on any atom is 0.169 e. The molecule has 0 aliphatic rings. The third kappa shape index (κ3) is 1.65. The highest BCUT2D eigenvalue weighted by Gasteiger charge is 2.02. The average Bonchev–Trinajstić information content (AvgIpc) is 2.50. The van der Waals surface area contributed by atoms with Crippen molar-refractivity contribution >= 4 is 6.29 Å². The number of aliphatic hydroxyl groups excluding tert-OH is 1. The van der Waals surface area contributed by atoms with Crippen molar-refractivity contribution in [1.82, 2.24) is 9.55 Å². The molecule has 1 rings (SSSR count). The molecule has 0 aliphatic heterocycles. The maximum absolute atomic E-state index is 10.2. The normalized spacial score (nSPS) is 12.9. The summed E-state index contributed by atoms with van der Waals surface area (Å²) in [5.41, 5.74) is 0.394. The van der Waals surface area contributed by atoms with Gasteiger partial charge in [-0.3, -0.25) is 4.79 Å². The Morgan fingerprint density at radius 2 is 2.64 bits per heavy atom. The average molecular weight is 154 g/mol. The Hall–Kier alpha value is -1.16. The van der Waals surface area contributed by atoms with Crippen molar-refractivity contribution in [3.63, 3.8) is 0 Å². The number of nitrogens with zero attached hydrogens (tertiary/aromatic N) is 2. The van der Waals surface area contributed by atoms with E-state index < -0.39 is 0 Å². The third-order valence-corrected chi connectivity index (χ3v) is 1.52. The maximum atomic E-state index is 10.2. The first kappa shape index (κ1) is 7.94. The fourth-order valence-electron chi connectivity index (χ4n) is 0.749. The van der Waals surface area contributed by atoms with Crippen molar-refractivity contribution in [1.29, 1.82) is 0 Å². The molecule has 0 saturated carbocycles. The molecule has 1 heterocycles. The van der Waals surface area contributed by atoms with Gasteiger partial charge >= 0.3 is 0 Å². The van der Waals surface area contributed by atoms with Crippen molar-refractivity contribution in [2.75, 3.05) is 6.61 Å². The van der Waals surface area contributed by atoms with Crippen molar-refractivity contribution in [3.05, 3.63) is 18.2 Å². The Kier molecular flexibility index (Phi) is 2.38. The fourth-order valence-corrected chi connectivity index (χ4v) is 0.749. The molecular weight excluding hydrogens is 144 g/mol. The molecule has 11 heavy (non-hydrogen) atoms. The molecule has 1 N–H and O–H groups in total. The molecule has 0 spiro atoms. The number of aldehydes is 1. The van der Waals surface area contributed by atoms with Crippen LogP contribution < -0.4 is 0 Å². The lowest BCUT2D eigenvalue weighted by Gasteiger charge is -2.07. The molecule has 0 fully saturated rings. The number of imidazole rings is 1. The minimum atomic E-state index is -0.0174. The van der Waals surface area contributed by atoms with Gasteiger partial charge in [0.2, 0.25) is 0 Å². The summed E-state index contributed by atoms with van der Waals surface area (Å²) in [7, 11) is 0. The van der Waals surface area contributed by atoms with Crippen LogP contribution in [0.4, 0.5) is 0 Å². The Morgan fingerprint density at radius 1 is 1.91 bits per heavy atom. The molecule has 0 amide bonds. The van der Waals surface area contributed by atoms with Gasteiger partial charge in [-0.05, 0) is 6.92 Å². The van der Waals surface area contributed by atoms with Gasteiger partial charge in [0.05, 0.1) is 19.0 Å². The summed E-state index contributed by atoms with van der Waals surface area (Å²) in [6.45, 7) is 1.89. The van der Waals surface area contributed by atoms with E-state index in [0.717, 1.165) is 0 Å². The summed E-state index contributed by atoms with van der Waals surface area (Å²) >= 11 is 0. The van der Waals surface area contributed by atoms with Crippen LogP contribution in [0.1, 0.15) is 23.5 Å². The van der Waals surface area contributed by atoms with Crippen LogP contribution >= 0.6 is 0 Å². The zero-order valence-corrected chi connectivity index (χ0v) is 6.27. The van der Waals surface area contributed by atoms with Gasteiger partial charge in [-0.15, -0.1) is 0 Å². The van der Waals surface area contributed by atoms with E-state index in [1.165, 1.54) is 6.33 Å². The van der Waals surface area contributed by atoms with Crippen molar-refractivity contribution in [2.45, 2.75) is 13.0 Å². The number of aromatic nitrogens is 2. The van der Waals surface area contributed by atoms with E-state index in [-0.39, 0.29) is 12.6 Å². The lowest BCUT2D eigenvalue weighted by atomic mass is 10.4. The van der Waals surface area contributed by atoms with Gasteiger partial charge in [0.1, 0.15) is 5.69 Å². The van der Waals surface area contributed by atoms with Crippen LogP contribution in [0.25, 0.3) is 0 Å². The van der Waals surface area contributed by atoms with Crippen LogP contribution in [0.2, 0.25) is 0 Å². The van der Waals surface area contributed by atoms with E-state index >= 15 is 0 Å². The molecule has 4 nitrogen and oxygen atoms in total. The molecule has 1 aromatic rings. The van der Waals surface area contributed by atoms with Gasteiger partial charge in [-0.1, -0.05) is 0 Å². The van der Waals surface area contributed by atoms with Gasteiger partial charge in [-0.2, -0.15) is 0 Å². The summed E-state index contributed by atoms with van der Waals surface area (Å²) in [4.78, 5) is 14.0. The molecular formula is C7H10N2O2. The number of hydrogen-bond donors (Lipinski definition) is 1. The predicted molar refractivity (Wildman–Crippen MR) is 39.4 cm³/mol. The highest BCUT2D eigenvalue weighted by molar-refractivity contribution is 5.70. The van der Waals surface area contributed by atoms with Crippen LogP contribution in [-0.2, 0) is 0 Å². The minimum absolute atomic E-state index is 0.0174. The summed E-state index contributed by atoms with van der Waals surface area (Å²) in [6, 6.07) is -0.0174. The van der Waals surface area contributed by atoms with Crippen LogP contribution in [0.15, 0.2) is 12.5 Å². The van der Waals surface area contributed by atoms with E-state index in [9.17, 15) is 4.79 Å². The SMILES string of the molecule is CC(CO)n1cnc(C=O)c1. The number of hydrogen-bond acceptors (Lipinski definition) is 3. The first-order chi connectivity index (χ1) is 5.27. The smallest absolute Gasteiger partial charge is 0.169 e. The molecule has 0 aromatic carbocycles. The quantitative estimate of drug-likeness (QED) is 0.635. The summed E-state index contributed by atoms with van der Waals surface area (Å²) < 4.78 is 1.70. The Labute approximate surface area is 64.5 Å². The second kappa shape index (κ2) is 3.30. The van der Waals surface area contributed by atoms with Crippen molar-refractivity contribution < 1.29 is 9.90 Å². The molecule has 0 saturated heterocycles. The highest BCUT2D eigenvalue weighted by atomic mass is 16.3. The van der Waals surface area contributed by atoms with Crippen molar-refractivity contribution in [2.24, 2.45) is 0 Å². The molecule has 60 valence electrons. The minimum Gasteiger partial charge on any atom is -0.394 e. The van der Waals surface area contributed by atoms with Crippen LogP contribution in [-0.4, -0.2) is 27.6 Å². The molecule has 0 aliphatic carbocycles. The van der Waals surface area contributed by atoms with Crippen LogP contribution in [0, 0.1) is 0 Å². The van der Waals surface area contributed by atoms with Crippen LogP contribution in [0.3, 0.4) is 0 Å². The first-order valence-corrected chi connectivity index (χ1v) is 3.37. The predicted octanol–water partition coefficient (Wildman–Crippen LogP) is 0.249. The van der Waals surface area contributed by atoms with Gasteiger partial charge in [0.25, 0.3) is 0 Å². The van der Waals surface area contributed by atoms with Crippen molar-refractivity contribution in [3.8, 4) is 0 Å². The second-order valence-corrected chi connectivity index (χ2v) is 2.40. The Bertz CT molecular complexity index is 244. The molecule has 1 aromatic heterocycles. The van der Waals surface area contributed by atoms with E-state index in [1.807, 2.05) is 6.92 Å². The Morgan fingerprint density at radius 3 is 3.09 bits per heavy atom. The topological polar surface area (TPSA) is 55.1 Å². The third-order valence-electron chi connectivity index (χ3n) is 1.52. The van der Waals surface area contributed by atoms with Gasteiger partial charge in [-0.25, -0.2) is 4.98 Å². The molecule has 0 bridgehead atoms. The monoisotopic (exact) mass is 154 g/mol. The van der Waals surface area contributed by atoms with E-state index in [4.69, 9.17) is 5.11 Å². The molecule has 4 heteroatoms. The zero-order valence-electron chi connectivity index (χ0n) is 6.27. The lowest BCUT2D eigenvalue weighted by molar-refractivity contribution is 0.111. The first-order valence-electron chi connectivity index (χ1n) is 3.37. The standard InChI is InChI=1S/C7H10N2O2/c1-6(3-10)9-2-7(4-11)8-5-9/h2,4-6,10H,3H2,1H3. The summed E-state index contributed by atoms with van der Waals surface area (Å²) in [5, 5.41) is 8.73. The molecule has 1 unspecified atom stereocenters. The summed E-state index contributed by atoms with van der Waals surface area (Å²) in [6.07, 6.45) is 3.82. The van der Waals surface area contributed by atoms with E-state index in [1.54, 1.807) is 10.8 Å².